The molecular weight excluding hydrogens is 254 g/mol. The predicted octanol–water partition coefficient (Wildman–Crippen LogP) is 2.54. The molecule has 1 N–H and O–H groups in total. The molecule has 1 saturated heterocycles. The average Bonchev–Trinajstić information content (AvgIpc) is 2.74. The van der Waals surface area contributed by atoms with Gasteiger partial charge in [0.25, 0.3) is 5.95 Å². The lowest BCUT2D eigenvalue weighted by molar-refractivity contribution is 0.0657. The van der Waals surface area contributed by atoms with Gasteiger partial charge in [-0.25, -0.2) is 0 Å². The van der Waals surface area contributed by atoms with Crippen LogP contribution in [0.15, 0.2) is 4.52 Å². The van der Waals surface area contributed by atoms with Crippen LogP contribution in [0.4, 0.5) is 5.95 Å². The maximum absolute atomic E-state index is 10.0. The summed E-state index contributed by atoms with van der Waals surface area (Å²) in [7, 11) is 0. The van der Waals surface area contributed by atoms with Gasteiger partial charge in [-0.15, -0.1) is 0 Å². The van der Waals surface area contributed by atoms with Gasteiger partial charge in [-0.05, 0) is 36.8 Å². The molecule has 2 atom stereocenters. The summed E-state index contributed by atoms with van der Waals surface area (Å²) in [6, 6.07) is 0. The monoisotopic (exact) mass is 279 g/mol. The molecule has 2 unspecified atom stereocenters. The van der Waals surface area contributed by atoms with Crippen LogP contribution in [0.2, 0.25) is 0 Å². The third-order valence-corrected chi connectivity index (χ3v) is 4.65. The molecule has 2 fully saturated rings. The van der Waals surface area contributed by atoms with Crippen LogP contribution in [0.3, 0.4) is 0 Å². The molecule has 20 heavy (non-hydrogen) atoms. The quantitative estimate of drug-likeness (QED) is 0.921. The third-order valence-electron chi connectivity index (χ3n) is 4.65. The van der Waals surface area contributed by atoms with Crippen LogP contribution in [0.1, 0.15) is 57.3 Å². The van der Waals surface area contributed by atoms with E-state index >= 15 is 0 Å². The van der Waals surface area contributed by atoms with Crippen LogP contribution in [-0.4, -0.2) is 34.4 Å². The minimum atomic E-state index is -0.197. The van der Waals surface area contributed by atoms with Crippen molar-refractivity contribution in [2.45, 2.75) is 63.9 Å². The second-order valence-electron chi connectivity index (χ2n) is 6.21. The molecule has 2 aliphatic rings. The van der Waals surface area contributed by atoms with Gasteiger partial charge in [0.05, 0.1) is 6.10 Å². The third kappa shape index (κ3) is 3.32. The minimum absolute atomic E-state index is 0.197. The summed E-state index contributed by atoms with van der Waals surface area (Å²) < 4.78 is 5.40. The van der Waals surface area contributed by atoms with E-state index in [9.17, 15) is 5.11 Å². The number of aliphatic hydroxyl groups is 1. The van der Waals surface area contributed by atoms with Crippen molar-refractivity contribution in [3.8, 4) is 0 Å². The number of nitrogens with zero attached hydrogens (tertiary/aromatic N) is 3. The molecule has 0 aromatic carbocycles. The van der Waals surface area contributed by atoms with Crippen molar-refractivity contribution in [3.63, 3.8) is 0 Å². The van der Waals surface area contributed by atoms with Gasteiger partial charge in [0.15, 0.2) is 0 Å². The van der Waals surface area contributed by atoms with E-state index in [0.717, 1.165) is 44.7 Å². The fourth-order valence-electron chi connectivity index (χ4n) is 3.38. The first-order valence-electron chi connectivity index (χ1n) is 8.08. The molecule has 1 saturated carbocycles. The first-order chi connectivity index (χ1) is 9.83. The molecule has 3 rings (SSSR count). The fraction of sp³-hybridized carbons (Fsp3) is 0.867. The highest BCUT2D eigenvalue weighted by molar-refractivity contribution is 5.27. The lowest BCUT2D eigenvalue weighted by Crippen LogP contribution is -2.26. The summed E-state index contributed by atoms with van der Waals surface area (Å²) in [6.07, 6.45) is 9.89. The number of aliphatic hydroxyl groups excluding tert-OH is 1. The Balaban J connectivity index is 1.60. The van der Waals surface area contributed by atoms with Crippen LogP contribution in [0, 0.1) is 5.92 Å². The summed E-state index contributed by atoms with van der Waals surface area (Å²) in [5, 5.41) is 14.2. The zero-order valence-electron chi connectivity index (χ0n) is 12.1. The van der Waals surface area contributed by atoms with Gasteiger partial charge in [0.1, 0.15) is 0 Å². The molecule has 1 aliphatic carbocycles. The van der Waals surface area contributed by atoms with E-state index in [2.05, 4.69) is 15.0 Å². The molecule has 0 bridgehead atoms. The smallest absolute Gasteiger partial charge is 0.266 e. The van der Waals surface area contributed by atoms with Gasteiger partial charge in [-0.2, -0.15) is 4.98 Å². The van der Waals surface area contributed by atoms with Crippen LogP contribution < -0.4 is 4.90 Å². The Morgan fingerprint density at radius 3 is 2.55 bits per heavy atom. The highest BCUT2D eigenvalue weighted by Crippen LogP contribution is 2.27. The largest absolute Gasteiger partial charge is 0.393 e. The molecule has 5 heteroatoms. The maximum Gasteiger partial charge on any atom is 0.266 e. The number of aromatic nitrogens is 2. The zero-order valence-corrected chi connectivity index (χ0v) is 12.1. The summed E-state index contributed by atoms with van der Waals surface area (Å²) in [5.74, 6) is 1.73. The second kappa shape index (κ2) is 6.57. The van der Waals surface area contributed by atoms with Crippen LogP contribution >= 0.6 is 0 Å². The van der Waals surface area contributed by atoms with E-state index in [-0.39, 0.29) is 6.10 Å². The van der Waals surface area contributed by atoms with Crippen molar-refractivity contribution in [2.24, 2.45) is 5.92 Å². The van der Waals surface area contributed by atoms with Gasteiger partial charge >= 0.3 is 0 Å². The van der Waals surface area contributed by atoms with E-state index in [1.54, 1.807) is 0 Å². The van der Waals surface area contributed by atoms with E-state index in [4.69, 9.17) is 4.52 Å². The van der Waals surface area contributed by atoms with Crippen molar-refractivity contribution >= 4 is 5.95 Å². The minimum Gasteiger partial charge on any atom is -0.393 e. The Bertz CT molecular complexity index is 413. The normalized spacial score (nSPS) is 28.4. The molecule has 1 aliphatic heterocycles. The lowest BCUT2D eigenvalue weighted by Gasteiger charge is -2.26. The first kappa shape index (κ1) is 13.9. The van der Waals surface area contributed by atoms with Gasteiger partial charge in [-0.3, -0.25) is 0 Å². The molecule has 112 valence electrons. The zero-order chi connectivity index (χ0) is 13.8. The van der Waals surface area contributed by atoms with Gasteiger partial charge in [-0.1, -0.05) is 25.7 Å². The van der Waals surface area contributed by atoms with Gasteiger partial charge in [0.2, 0.25) is 5.89 Å². The Morgan fingerprint density at radius 1 is 1.05 bits per heavy atom. The molecule has 5 nitrogen and oxygen atoms in total. The van der Waals surface area contributed by atoms with Gasteiger partial charge < -0.3 is 14.5 Å². The Kier molecular flexibility index (Phi) is 4.55. The second-order valence-corrected chi connectivity index (χ2v) is 6.21. The van der Waals surface area contributed by atoms with E-state index < -0.39 is 0 Å². The van der Waals surface area contributed by atoms with Crippen LogP contribution in [-0.2, 0) is 6.42 Å². The molecule has 1 aromatic heterocycles. The Labute approximate surface area is 120 Å². The summed E-state index contributed by atoms with van der Waals surface area (Å²) in [6.45, 7) is 2.07. The Hall–Kier alpha value is -1.10. The molecule has 1 aromatic rings. The summed E-state index contributed by atoms with van der Waals surface area (Å²) in [4.78, 5) is 6.77. The van der Waals surface area contributed by atoms with E-state index in [1.807, 2.05) is 0 Å². The Morgan fingerprint density at radius 2 is 1.80 bits per heavy atom. The first-order valence-corrected chi connectivity index (χ1v) is 8.08. The maximum atomic E-state index is 10.0. The van der Waals surface area contributed by atoms with Crippen molar-refractivity contribution in [2.75, 3.05) is 18.0 Å². The van der Waals surface area contributed by atoms with E-state index in [1.165, 1.54) is 32.1 Å². The topological polar surface area (TPSA) is 62.4 Å². The van der Waals surface area contributed by atoms with Crippen molar-refractivity contribution in [1.82, 2.24) is 10.1 Å². The fourth-order valence-corrected chi connectivity index (χ4v) is 3.38. The number of hydrogen-bond acceptors (Lipinski definition) is 5. The lowest BCUT2D eigenvalue weighted by atomic mass is 9.84. The highest BCUT2D eigenvalue weighted by atomic mass is 16.5. The van der Waals surface area contributed by atoms with Crippen LogP contribution in [0.25, 0.3) is 0 Å². The standard InChI is InChI=1S/C15H25N3O2/c19-13-8-4-3-7-12(13)11-14-16-15(17-20-14)18-9-5-1-2-6-10-18/h12-13,19H,1-11H2. The van der Waals surface area contributed by atoms with Crippen molar-refractivity contribution in [3.05, 3.63) is 5.89 Å². The highest BCUT2D eigenvalue weighted by Gasteiger charge is 2.26. The number of rotatable bonds is 3. The molecule has 0 amide bonds. The molecular formula is C15H25N3O2. The molecule has 0 spiro atoms. The SMILES string of the molecule is OC1CCCCC1Cc1nc(N2CCCCCC2)no1. The summed E-state index contributed by atoms with van der Waals surface area (Å²) in [5.41, 5.74) is 0. The van der Waals surface area contributed by atoms with Crippen LogP contribution in [0.5, 0.6) is 0 Å². The average molecular weight is 279 g/mol. The van der Waals surface area contributed by atoms with Gasteiger partial charge in [0, 0.05) is 19.5 Å². The van der Waals surface area contributed by atoms with Crippen molar-refractivity contribution in [1.29, 1.82) is 0 Å². The van der Waals surface area contributed by atoms with E-state index in [0.29, 0.717) is 11.8 Å². The molecule has 2 heterocycles. The number of anilines is 1. The predicted molar refractivity (Wildman–Crippen MR) is 76.6 cm³/mol. The summed E-state index contributed by atoms with van der Waals surface area (Å²) >= 11 is 0. The molecule has 0 radical (unpaired) electrons. The van der Waals surface area contributed by atoms with Crippen molar-refractivity contribution < 1.29 is 9.63 Å². The number of hydrogen-bond donors (Lipinski definition) is 1.